The van der Waals surface area contributed by atoms with Gasteiger partial charge in [-0.25, -0.2) is 9.89 Å². The Kier molecular flexibility index (Phi) is 7.32. The number of aromatic nitrogens is 4. The summed E-state index contributed by atoms with van der Waals surface area (Å²) < 4.78 is 117. The van der Waals surface area contributed by atoms with Crippen LogP contribution in [0.5, 0.6) is 0 Å². The molecule has 0 unspecified atom stereocenters. The van der Waals surface area contributed by atoms with Gasteiger partial charge in [0.1, 0.15) is 0 Å². The van der Waals surface area contributed by atoms with E-state index < -0.39 is 46.9 Å². The SMILES string of the molecule is O=C(NNc1ccc(-c2ccc(C(F)(F)F)cc2)cc1-c1nnn[nH]1)Nc1cc(C(F)(F)F)cc(C(F)(F)F)c1. The Bertz CT molecular complexity index is 1470. The first-order chi connectivity index (χ1) is 18.6. The van der Waals surface area contributed by atoms with Gasteiger partial charge >= 0.3 is 24.6 Å². The summed E-state index contributed by atoms with van der Waals surface area (Å²) in [4.78, 5) is 12.3. The van der Waals surface area contributed by atoms with Gasteiger partial charge in [-0.3, -0.25) is 10.9 Å². The van der Waals surface area contributed by atoms with Crippen molar-refractivity contribution in [1.29, 1.82) is 0 Å². The number of hydrogen-bond acceptors (Lipinski definition) is 5. The lowest BCUT2D eigenvalue weighted by molar-refractivity contribution is -0.143. The molecule has 2 amide bonds. The number of carbonyl (C=O) groups excluding carboxylic acids is 1. The van der Waals surface area contributed by atoms with E-state index in [0.717, 1.165) is 12.1 Å². The Labute approximate surface area is 217 Å². The number of aromatic amines is 1. The Morgan fingerprint density at radius 1 is 0.700 bits per heavy atom. The summed E-state index contributed by atoms with van der Waals surface area (Å²) in [5.74, 6) is 0.0613. The molecule has 1 aromatic heterocycles. The van der Waals surface area contributed by atoms with E-state index in [1.165, 1.54) is 30.3 Å². The highest BCUT2D eigenvalue weighted by Gasteiger charge is 2.37. The molecule has 1 heterocycles. The highest BCUT2D eigenvalue weighted by molar-refractivity contribution is 5.91. The van der Waals surface area contributed by atoms with Crippen LogP contribution in [0, 0.1) is 0 Å². The number of hydrogen-bond donors (Lipinski definition) is 4. The predicted molar refractivity (Wildman–Crippen MR) is 122 cm³/mol. The van der Waals surface area contributed by atoms with Crippen LogP contribution in [0.4, 0.5) is 55.7 Å². The van der Waals surface area contributed by atoms with Gasteiger partial charge in [0.05, 0.1) is 22.4 Å². The number of halogens is 9. The number of anilines is 2. The highest BCUT2D eigenvalue weighted by Crippen LogP contribution is 2.38. The zero-order valence-corrected chi connectivity index (χ0v) is 19.4. The second kappa shape index (κ2) is 10.4. The van der Waals surface area contributed by atoms with E-state index in [2.05, 4.69) is 31.5 Å². The molecule has 0 aliphatic rings. The maximum atomic E-state index is 13.1. The van der Waals surface area contributed by atoms with E-state index >= 15 is 0 Å². The fraction of sp³-hybridized carbons (Fsp3) is 0.130. The number of nitrogens with zero attached hydrogens (tertiary/aromatic N) is 3. The molecule has 0 aliphatic carbocycles. The Morgan fingerprint density at radius 2 is 1.27 bits per heavy atom. The standard InChI is InChI=1S/C23H14F9N7O/c24-21(25,26)13-4-1-11(2-5-13)12-3-6-18(17(7-12)19-35-38-39-36-19)34-37-20(40)33-16-9-14(22(27,28)29)8-15(10-16)23(30,31)32/h1-10,34H,(H2,33,37,40)(H,35,36,38,39). The van der Waals surface area contributed by atoms with Gasteiger partial charge < -0.3 is 5.32 Å². The third-order valence-electron chi connectivity index (χ3n) is 5.32. The van der Waals surface area contributed by atoms with Crippen molar-refractivity contribution in [1.82, 2.24) is 26.0 Å². The first kappa shape index (κ1) is 28.2. The van der Waals surface area contributed by atoms with Crippen molar-refractivity contribution in [2.24, 2.45) is 0 Å². The van der Waals surface area contributed by atoms with E-state index in [4.69, 9.17) is 0 Å². The van der Waals surface area contributed by atoms with Gasteiger partial charge in [0.2, 0.25) is 0 Å². The van der Waals surface area contributed by atoms with E-state index in [-0.39, 0.29) is 23.1 Å². The van der Waals surface area contributed by atoms with Crippen LogP contribution in [-0.4, -0.2) is 26.7 Å². The maximum absolute atomic E-state index is 13.1. The largest absolute Gasteiger partial charge is 0.416 e. The Morgan fingerprint density at radius 3 is 1.80 bits per heavy atom. The van der Waals surface area contributed by atoms with Gasteiger partial charge in [0, 0.05) is 11.3 Å². The van der Waals surface area contributed by atoms with E-state index in [0.29, 0.717) is 23.3 Å². The van der Waals surface area contributed by atoms with Gasteiger partial charge in [0.15, 0.2) is 5.82 Å². The molecule has 40 heavy (non-hydrogen) atoms. The molecule has 8 nitrogen and oxygen atoms in total. The number of nitrogens with one attached hydrogen (secondary N) is 4. The number of tetrazole rings is 1. The van der Waals surface area contributed by atoms with Gasteiger partial charge in [-0.15, -0.1) is 5.10 Å². The lowest BCUT2D eigenvalue weighted by Gasteiger charge is -2.16. The fourth-order valence-electron chi connectivity index (χ4n) is 3.47. The van der Waals surface area contributed by atoms with Crippen molar-refractivity contribution in [3.05, 3.63) is 77.4 Å². The molecule has 4 aromatic rings. The molecular weight excluding hydrogens is 561 g/mol. The number of alkyl halides is 9. The highest BCUT2D eigenvalue weighted by atomic mass is 19.4. The third kappa shape index (κ3) is 6.59. The molecule has 0 fully saturated rings. The molecule has 0 aliphatic heterocycles. The van der Waals surface area contributed by atoms with Crippen molar-refractivity contribution in [3.8, 4) is 22.5 Å². The van der Waals surface area contributed by atoms with Crippen LogP contribution in [0.25, 0.3) is 22.5 Å². The third-order valence-corrected chi connectivity index (χ3v) is 5.32. The van der Waals surface area contributed by atoms with Crippen LogP contribution in [0.3, 0.4) is 0 Å². The first-order valence-electron chi connectivity index (χ1n) is 10.8. The summed E-state index contributed by atoms with van der Waals surface area (Å²) in [6.07, 6.45) is -14.7. The normalized spacial score (nSPS) is 12.2. The molecule has 0 radical (unpaired) electrons. The number of carbonyl (C=O) groups is 1. The molecule has 0 saturated heterocycles. The zero-order valence-electron chi connectivity index (χ0n) is 19.4. The van der Waals surface area contributed by atoms with Gasteiger partial charge in [0.25, 0.3) is 0 Å². The van der Waals surface area contributed by atoms with Crippen molar-refractivity contribution in [3.63, 3.8) is 0 Å². The summed E-state index contributed by atoms with van der Waals surface area (Å²) in [7, 11) is 0. The minimum atomic E-state index is -5.11. The summed E-state index contributed by atoms with van der Waals surface area (Å²) in [5, 5.41) is 15.0. The molecule has 0 bridgehead atoms. The number of amides is 2. The van der Waals surface area contributed by atoms with Crippen LogP contribution in [0.1, 0.15) is 16.7 Å². The number of benzene rings is 3. The molecular formula is C23H14F9N7O. The average Bonchev–Trinajstić information content (AvgIpc) is 3.41. The zero-order chi connectivity index (χ0) is 29.3. The van der Waals surface area contributed by atoms with Crippen LogP contribution in [0.2, 0.25) is 0 Å². The summed E-state index contributed by atoms with van der Waals surface area (Å²) in [5.41, 5.74) is 0.800. The predicted octanol–water partition coefficient (Wildman–Crippen LogP) is 6.74. The molecule has 17 heteroatoms. The molecule has 210 valence electrons. The lowest BCUT2D eigenvalue weighted by atomic mass is 10.0. The van der Waals surface area contributed by atoms with Crippen LogP contribution in [-0.2, 0) is 18.5 Å². The van der Waals surface area contributed by atoms with Crippen LogP contribution in [0.15, 0.2) is 60.7 Å². The van der Waals surface area contributed by atoms with Gasteiger partial charge in [-0.2, -0.15) is 39.5 Å². The number of hydrazine groups is 1. The van der Waals surface area contributed by atoms with Gasteiger partial charge in [-0.1, -0.05) is 18.2 Å². The number of urea groups is 1. The number of H-pyrrole nitrogens is 1. The average molecular weight is 575 g/mol. The summed E-state index contributed by atoms with van der Waals surface area (Å²) in [6.45, 7) is 0. The lowest BCUT2D eigenvalue weighted by Crippen LogP contribution is -2.34. The number of rotatable bonds is 5. The van der Waals surface area contributed by atoms with E-state index in [1.807, 2.05) is 5.32 Å². The minimum absolute atomic E-state index is 0.0613. The smallest absolute Gasteiger partial charge is 0.307 e. The summed E-state index contributed by atoms with van der Waals surface area (Å²) >= 11 is 0. The van der Waals surface area contributed by atoms with Crippen molar-refractivity contribution >= 4 is 17.4 Å². The topological polar surface area (TPSA) is 108 Å². The van der Waals surface area contributed by atoms with Crippen molar-refractivity contribution in [2.75, 3.05) is 10.7 Å². The maximum Gasteiger partial charge on any atom is 0.416 e. The summed E-state index contributed by atoms with van der Waals surface area (Å²) in [6, 6.07) is 7.94. The van der Waals surface area contributed by atoms with Crippen molar-refractivity contribution < 1.29 is 44.3 Å². The van der Waals surface area contributed by atoms with Crippen LogP contribution < -0.4 is 16.2 Å². The van der Waals surface area contributed by atoms with Gasteiger partial charge in [-0.05, 0) is 64.0 Å². The molecule has 0 atom stereocenters. The second-order valence-corrected chi connectivity index (χ2v) is 8.08. The van der Waals surface area contributed by atoms with Crippen LogP contribution >= 0.6 is 0 Å². The second-order valence-electron chi connectivity index (χ2n) is 8.08. The fourth-order valence-corrected chi connectivity index (χ4v) is 3.47. The molecule has 0 spiro atoms. The Balaban J connectivity index is 1.56. The Hall–Kier alpha value is -4.83. The van der Waals surface area contributed by atoms with E-state index in [1.54, 1.807) is 0 Å². The quantitative estimate of drug-likeness (QED) is 0.156. The molecule has 4 rings (SSSR count). The minimum Gasteiger partial charge on any atom is -0.307 e. The van der Waals surface area contributed by atoms with Crippen molar-refractivity contribution in [2.45, 2.75) is 18.5 Å². The van der Waals surface area contributed by atoms with E-state index in [9.17, 15) is 44.3 Å². The molecule has 3 aromatic carbocycles. The first-order valence-corrected chi connectivity index (χ1v) is 10.8. The monoisotopic (exact) mass is 575 g/mol. The molecule has 4 N–H and O–H groups in total. The molecule has 0 saturated carbocycles.